The fourth-order valence-corrected chi connectivity index (χ4v) is 2.48. The highest BCUT2D eigenvalue weighted by Crippen LogP contribution is 2.37. The molecule has 2 aromatic carbocycles. The summed E-state index contributed by atoms with van der Waals surface area (Å²) in [7, 11) is 0. The van der Waals surface area contributed by atoms with Crippen molar-refractivity contribution in [3.05, 3.63) is 51.3 Å². The number of hydrogen-bond acceptors (Lipinski definition) is 2. The number of carboxylic acid groups (broad SMARTS) is 1. The van der Waals surface area contributed by atoms with Gasteiger partial charge in [-0.1, -0.05) is 11.6 Å². The number of hydrogen-bond donors (Lipinski definition) is 2. The van der Waals surface area contributed by atoms with Crippen molar-refractivity contribution in [2.24, 2.45) is 0 Å². The lowest BCUT2D eigenvalue weighted by molar-refractivity contribution is 0.0692. The zero-order valence-electron chi connectivity index (χ0n) is 11.6. The summed E-state index contributed by atoms with van der Waals surface area (Å²) in [4.78, 5) is 11.0. The Kier molecular flexibility index (Phi) is 4.06. The third-order valence-electron chi connectivity index (χ3n) is 3.45. The van der Waals surface area contributed by atoms with Crippen LogP contribution in [0.4, 0.5) is 18.9 Å². The van der Waals surface area contributed by atoms with E-state index in [1.807, 2.05) is 0 Å². The molecule has 116 valence electrons. The molecule has 22 heavy (non-hydrogen) atoms. The van der Waals surface area contributed by atoms with E-state index >= 15 is 0 Å². The molecule has 0 aromatic heterocycles. The van der Waals surface area contributed by atoms with Gasteiger partial charge in [0.15, 0.2) is 11.6 Å². The number of halogens is 4. The van der Waals surface area contributed by atoms with Gasteiger partial charge in [-0.3, -0.25) is 0 Å². The molecule has 0 amide bonds. The minimum Gasteiger partial charge on any atom is -0.478 e. The van der Waals surface area contributed by atoms with Crippen molar-refractivity contribution in [2.45, 2.75) is 13.8 Å². The van der Waals surface area contributed by atoms with Crippen molar-refractivity contribution in [1.29, 1.82) is 0 Å². The first-order valence-corrected chi connectivity index (χ1v) is 6.51. The topological polar surface area (TPSA) is 63.3 Å². The monoisotopic (exact) mass is 329 g/mol. The van der Waals surface area contributed by atoms with Gasteiger partial charge < -0.3 is 10.8 Å². The zero-order chi connectivity index (χ0) is 16.8. The molecule has 3 N–H and O–H groups in total. The maximum atomic E-state index is 14.0. The molecule has 0 unspecified atom stereocenters. The van der Waals surface area contributed by atoms with Crippen LogP contribution in [0, 0.1) is 31.3 Å². The predicted molar refractivity (Wildman–Crippen MR) is 77.6 cm³/mol. The van der Waals surface area contributed by atoms with E-state index in [2.05, 4.69) is 0 Å². The van der Waals surface area contributed by atoms with Crippen LogP contribution in [0.5, 0.6) is 0 Å². The number of nitrogen functional groups attached to an aromatic ring is 1. The highest BCUT2D eigenvalue weighted by molar-refractivity contribution is 6.34. The van der Waals surface area contributed by atoms with Crippen molar-refractivity contribution >= 4 is 23.3 Å². The number of rotatable bonds is 2. The van der Waals surface area contributed by atoms with Crippen LogP contribution in [-0.4, -0.2) is 11.1 Å². The molecule has 0 atom stereocenters. The van der Waals surface area contributed by atoms with Crippen molar-refractivity contribution in [3.63, 3.8) is 0 Å². The highest BCUT2D eigenvalue weighted by Gasteiger charge is 2.23. The third-order valence-corrected chi connectivity index (χ3v) is 3.92. The van der Waals surface area contributed by atoms with Gasteiger partial charge in [-0.25, -0.2) is 18.0 Å². The fourth-order valence-electron chi connectivity index (χ4n) is 2.21. The Morgan fingerprint density at radius 2 is 1.64 bits per heavy atom. The molecule has 2 aromatic rings. The van der Waals surface area contributed by atoms with Gasteiger partial charge in [0.1, 0.15) is 11.4 Å². The maximum Gasteiger partial charge on any atom is 0.340 e. The molecule has 0 spiro atoms. The van der Waals surface area contributed by atoms with Gasteiger partial charge in [0.2, 0.25) is 0 Å². The van der Waals surface area contributed by atoms with Crippen molar-refractivity contribution in [3.8, 4) is 11.1 Å². The van der Waals surface area contributed by atoms with E-state index < -0.39 is 34.7 Å². The molecule has 0 saturated carbocycles. The first-order valence-electron chi connectivity index (χ1n) is 6.13. The molecule has 0 heterocycles. The first-order chi connectivity index (χ1) is 10.2. The summed E-state index contributed by atoms with van der Waals surface area (Å²) in [5, 5.41) is 8.66. The average Bonchev–Trinajstić information content (AvgIpc) is 2.44. The molecule has 0 radical (unpaired) electrons. The average molecular weight is 330 g/mol. The van der Waals surface area contributed by atoms with Crippen LogP contribution in [0.3, 0.4) is 0 Å². The number of carboxylic acids is 1. The number of aromatic carboxylic acids is 1. The molecule has 7 heteroatoms. The van der Waals surface area contributed by atoms with E-state index in [0.29, 0.717) is 0 Å². The van der Waals surface area contributed by atoms with Gasteiger partial charge >= 0.3 is 5.97 Å². The van der Waals surface area contributed by atoms with Gasteiger partial charge in [-0.15, -0.1) is 0 Å². The number of carbonyl (C=O) groups is 1. The van der Waals surface area contributed by atoms with Crippen LogP contribution >= 0.6 is 11.6 Å². The third kappa shape index (κ3) is 2.39. The largest absolute Gasteiger partial charge is 0.478 e. The van der Waals surface area contributed by atoms with Crippen molar-refractivity contribution < 1.29 is 23.1 Å². The van der Waals surface area contributed by atoms with Gasteiger partial charge in [0, 0.05) is 0 Å². The van der Waals surface area contributed by atoms with Crippen molar-refractivity contribution in [1.82, 2.24) is 0 Å². The zero-order valence-corrected chi connectivity index (χ0v) is 12.4. The SMILES string of the molecule is Cc1c(-c2cc(F)c(C(=O)O)c(Cl)c2C)cc(N)c(F)c1F. The summed E-state index contributed by atoms with van der Waals surface area (Å²) in [5.41, 5.74) is 4.74. The summed E-state index contributed by atoms with van der Waals surface area (Å²) in [6.45, 7) is 2.77. The van der Waals surface area contributed by atoms with E-state index in [1.54, 1.807) is 0 Å². The summed E-state index contributed by atoms with van der Waals surface area (Å²) >= 11 is 5.89. The highest BCUT2D eigenvalue weighted by atomic mass is 35.5. The quantitative estimate of drug-likeness (QED) is 0.806. The van der Waals surface area contributed by atoms with Crippen LogP contribution in [0.2, 0.25) is 5.02 Å². The Hall–Kier alpha value is -2.21. The Morgan fingerprint density at radius 1 is 1.09 bits per heavy atom. The van der Waals surface area contributed by atoms with Crippen LogP contribution in [0.15, 0.2) is 12.1 Å². The normalized spacial score (nSPS) is 10.8. The second-order valence-corrected chi connectivity index (χ2v) is 5.17. The van der Waals surface area contributed by atoms with E-state index in [9.17, 15) is 18.0 Å². The Morgan fingerprint density at radius 3 is 2.18 bits per heavy atom. The lowest BCUT2D eigenvalue weighted by atomic mass is 9.93. The van der Waals surface area contributed by atoms with E-state index in [-0.39, 0.29) is 27.3 Å². The molecule has 0 fully saturated rings. The van der Waals surface area contributed by atoms with Crippen LogP contribution in [0.25, 0.3) is 11.1 Å². The van der Waals surface area contributed by atoms with E-state index in [4.69, 9.17) is 22.4 Å². The molecular weight excluding hydrogens is 319 g/mol. The van der Waals surface area contributed by atoms with Gasteiger partial charge in [-0.2, -0.15) is 0 Å². The lowest BCUT2D eigenvalue weighted by Crippen LogP contribution is -2.06. The summed E-state index contributed by atoms with van der Waals surface area (Å²) in [5.74, 6) is -4.92. The van der Waals surface area contributed by atoms with E-state index in [0.717, 1.165) is 12.1 Å². The second kappa shape index (κ2) is 5.53. The molecular formula is C15H11ClF3NO2. The first kappa shape index (κ1) is 16.2. The minimum absolute atomic E-state index is 0.0756. The molecule has 0 saturated heterocycles. The molecule has 0 aliphatic heterocycles. The van der Waals surface area contributed by atoms with Gasteiger partial charge in [-0.05, 0) is 48.2 Å². The Balaban J connectivity index is 2.83. The van der Waals surface area contributed by atoms with Gasteiger partial charge in [0.05, 0.1) is 10.7 Å². The summed E-state index contributed by atoms with van der Waals surface area (Å²) in [6.07, 6.45) is 0. The van der Waals surface area contributed by atoms with Crippen LogP contribution < -0.4 is 5.73 Å². The van der Waals surface area contributed by atoms with Crippen LogP contribution in [-0.2, 0) is 0 Å². The lowest BCUT2D eigenvalue weighted by Gasteiger charge is -2.15. The fraction of sp³-hybridized carbons (Fsp3) is 0.133. The Bertz CT molecular complexity index is 806. The number of benzene rings is 2. The summed E-state index contributed by atoms with van der Waals surface area (Å²) < 4.78 is 41.2. The number of nitrogens with two attached hydrogens (primary N) is 1. The van der Waals surface area contributed by atoms with Gasteiger partial charge in [0.25, 0.3) is 0 Å². The predicted octanol–water partition coefficient (Wildman–Crippen LogP) is 4.32. The number of anilines is 1. The Labute approximate surface area is 129 Å². The maximum absolute atomic E-state index is 14.0. The molecule has 0 aliphatic rings. The second-order valence-electron chi connectivity index (χ2n) is 4.79. The molecule has 2 rings (SSSR count). The molecule has 3 nitrogen and oxygen atoms in total. The van der Waals surface area contributed by atoms with Crippen molar-refractivity contribution in [2.75, 3.05) is 5.73 Å². The van der Waals surface area contributed by atoms with E-state index in [1.165, 1.54) is 13.8 Å². The van der Waals surface area contributed by atoms with Crippen LogP contribution in [0.1, 0.15) is 21.5 Å². The standard InChI is InChI=1S/C15H11ClF3NO2/c1-5-7(3-9(17)11(12(5)16)15(21)22)8-4-10(20)14(19)13(18)6(8)2/h3-4H,20H2,1-2H3,(H,21,22). The molecule has 0 bridgehead atoms. The summed E-state index contributed by atoms with van der Waals surface area (Å²) in [6, 6.07) is 2.08. The smallest absolute Gasteiger partial charge is 0.340 e. The minimum atomic E-state index is -1.52. The molecule has 0 aliphatic carbocycles.